The predicted molar refractivity (Wildman–Crippen MR) is 100 cm³/mol. The number of nitrogens with zero attached hydrogens (tertiary/aromatic N) is 4. The molecule has 0 aliphatic rings. The van der Waals surface area contributed by atoms with Crippen molar-refractivity contribution in [3.05, 3.63) is 70.0 Å². The third kappa shape index (κ3) is 5.25. The molecule has 2 heterocycles. The highest BCUT2D eigenvalue weighted by Crippen LogP contribution is 2.31. The molecule has 0 spiro atoms. The SMILES string of the molecule is CC(=NNc1cc(C(F)(F)F)ccn1)c1ccc(Oc2ncc([N+](=O)[O-])s2)cc1. The Morgan fingerprint density at radius 2 is 1.97 bits per heavy atom. The molecule has 0 amide bonds. The standard InChI is InChI=1S/C17H12F3N5O3S/c1-10(23-24-14-8-12(6-7-21-14)17(18,19)20)11-2-4-13(5-3-11)28-16-22-9-15(29-16)25(26)27/h2-9H,1H3,(H,21,24). The molecule has 0 bridgehead atoms. The van der Waals surface area contributed by atoms with Gasteiger partial charge in [-0.1, -0.05) is 0 Å². The van der Waals surface area contributed by atoms with Gasteiger partial charge in [-0.25, -0.2) is 9.97 Å². The number of nitro groups is 1. The summed E-state index contributed by atoms with van der Waals surface area (Å²) in [6.07, 6.45) is -2.31. The van der Waals surface area contributed by atoms with E-state index in [4.69, 9.17) is 4.74 Å². The van der Waals surface area contributed by atoms with Crippen LogP contribution in [0.25, 0.3) is 0 Å². The zero-order valence-corrected chi connectivity index (χ0v) is 15.5. The number of aromatic nitrogens is 2. The number of ether oxygens (including phenoxy) is 1. The van der Waals surface area contributed by atoms with Crippen molar-refractivity contribution < 1.29 is 22.8 Å². The molecule has 2 aromatic heterocycles. The second kappa shape index (κ2) is 8.22. The monoisotopic (exact) mass is 423 g/mol. The van der Waals surface area contributed by atoms with Gasteiger partial charge in [-0.3, -0.25) is 15.5 Å². The molecular weight excluding hydrogens is 411 g/mol. The van der Waals surface area contributed by atoms with Crippen LogP contribution in [0.2, 0.25) is 0 Å². The summed E-state index contributed by atoms with van der Waals surface area (Å²) in [5.74, 6) is 0.378. The Hall–Kier alpha value is -3.54. The van der Waals surface area contributed by atoms with Crippen LogP contribution in [0.1, 0.15) is 18.1 Å². The lowest BCUT2D eigenvalue weighted by molar-refractivity contribution is -0.380. The van der Waals surface area contributed by atoms with Gasteiger partial charge in [-0.15, -0.1) is 0 Å². The first-order valence-corrected chi connectivity index (χ1v) is 8.76. The zero-order chi connectivity index (χ0) is 21.0. The van der Waals surface area contributed by atoms with E-state index in [1.807, 2.05) is 0 Å². The van der Waals surface area contributed by atoms with E-state index in [2.05, 4.69) is 20.5 Å². The van der Waals surface area contributed by atoms with Crippen LogP contribution < -0.4 is 10.2 Å². The summed E-state index contributed by atoms with van der Waals surface area (Å²) in [5, 5.41) is 14.7. The van der Waals surface area contributed by atoms with Gasteiger partial charge in [0.15, 0.2) is 0 Å². The predicted octanol–water partition coefficient (Wildman–Crippen LogP) is 5.09. The summed E-state index contributed by atoms with van der Waals surface area (Å²) in [5.41, 5.74) is 2.85. The molecule has 1 aromatic carbocycles. The first kappa shape index (κ1) is 20.2. The lowest BCUT2D eigenvalue weighted by Gasteiger charge is -2.08. The third-order valence-corrected chi connectivity index (χ3v) is 4.38. The van der Waals surface area contributed by atoms with Crippen LogP contribution in [0, 0.1) is 10.1 Å². The number of hydrazone groups is 1. The minimum Gasteiger partial charge on any atom is -0.431 e. The van der Waals surface area contributed by atoms with E-state index in [1.54, 1.807) is 31.2 Å². The fraction of sp³-hybridized carbons (Fsp3) is 0.118. The molecule has 0 atom stereocenters. The Morgan fingerprint density at radius 3 is 2.59 bits per heavy atom. The van der Waals surface area contributed by atoms with Crippen LogP contribution in [0.5, 0.6) is 10.9 Å². The van der Waals surface area contributed by atoms with E-state index in [0.29, 0.717) is 17.0 Å². The van der Waals surface area contributed by atoms with Gasteiger partial charge >= 0.3 is 11.2 Å². The van der Waals surface area contributed by atoms with Crippen LogP contribution in [0.4, 0.5) is 24.0 Å². The lowest BCUT2D eigenvalue weighted by atomic mass is 10.1. The molecule has 12 heteroatoms. The molecule has 1 N–H and O–H groups in total. The molecule has 150 valence electrons. The first-order chi connectivity index (χ1) is 13.7. The molecule has 8 nitrogen and oxygen atoms in total. The van der Waals surface area contributed by atoms with Gasteiger partial charge in [0.25, 0.3) is 5.19 Å². The van der Waals surface area contributed by atoms with Crippen molar-refractivity contribution >= 4 is 27.9 Å². The number of hydrogen-bond acceptors (Lipinski definition) is 8. The van der Waals surface area contributed by atoms with E-state index >= 15 is 0 Å². The molecule has 3 aromatic rings. The number of halogens is 3. The minimum atomic E-state index is -4.47. The summed E-state index contributed by atoms with van der Waals surface area (Å²) in [6, 6.07) is 8.32. The van der Waals surface area contributed by atoms with E-state index in [9.17, 15) is 23.3 Å². The highest BCUT2D eigenvalue weighted by atomic mass is 32.1. The molecule has 0 unspecified atom stereocenters. The van der Waals surface area contributed by atoms with Crippen LogP contribution in [0.15, 0.2) is 53.9 Å². The molecule has 0 aliphatic carbocycles. The average Bonchev–Trinajstić information content (AvgIpc) is 3.15. The van der Waals surface area contributed by atoms with Gasteiger partial charge in [0, 0.05) is 6.20 Å². The highest BCUT2D eigenvalue weighted by Gasteiger charge is 2.30. The Bertz CT molecular complexity index is 1050. The van der Waals surface area contributed by atoms with E-state index in [1.165, 1.54) is 0 Å². The van der Waals surface area contributed by atoms with Crippen molar-refractivity contribution in [3.63, 3.8) is 0 Å². The van der Waals surface area contributed by atoms with Crippen LogP contribution >= 0.6 is 11.3 Å². The number of anilines is 1. The second-order valence-electron chi connectivity index (χ2n) is 5.58. The van der Waals surface area contributed by atoms with E-state index < -0.39 is 16.7 Å². The quantitative estimate of drug-likeness (QED) is 0.336. The highest BCUT2D eigenvalue weighted by molar-refractivity contribution is 7.16. The molecule has 3 rings (SSSR count). The van der Waals surface area contributed by atoms with Crippen molar-refractivity contribution in [2.24, 2.45) is 5.10 Å². The van der Waals surface area contributed by atoms with Crippen LogP contribution in [-0.2, 0) is 6.18 Å². The van der Waals surface area contributed by atoms with Crippen molar-refractivity contribution in [1.82, 2.24) is 9.97 Å². The summed E-state index contributed by atoms with van der Waals surface area (Å²) in [6.45, 7) is 1.67. The fourth-order valence-corrected chi connectivity index (χ4v) is 2.72. The molecule has 0 aliphatic heterocycles. The molecule has 0 saturated carbocycles. The van der Waals surface area contributed by atoms with Gasteiger partial charge < -0.3 is 4.74 Å². The molecule has 0 fully saturated rings. The van der Waals surface area contributed by atoms with Crippen molar-refractivity contribution in [3.8, 4) is 10.9 Å². The molecule has 0 radical (unpaired) electrons. The Balaban J connectivity index is 1.66. The van der Waals surface area contributed by atoms with Gasteiger partial charge in [0.1, 0.15) is 17.8 Å². The lowest BCUT2D eigenvalue weighted by Crippen LogP contribution is -2.06. The number of thiazole rings is 1. The minimum absolute atomic E-state index is 0.0375. The van der Waals surface area contributed by atoms with Crippen molar-refractivity contribution in [1.29, 1.82) is 0 Å². The van der Waals surface area contributed by atoms with Crippen LogP contribution in [0.3, 0.4) is 0 Å². The number of alkyl halides is 3. The largest absolute Gasteiger partial charge is 0.431 e. The maximum absolute atomic E-state index is 12.7. The molecular formula is C17H12F3N5O3S. The zero-order valence-electron chi connectivity index (χ0n) is 14.7. The first-order valence-electron chi connectivity index (χ1n) is 7.94. The topological polar surface area (TPSA) is 103 Å². The summed E-state index contributed by atoms with van der Waals surface area (Å²) in [7, 11) is 0. The fourth-order valence-electron chi connectivity index (χ4n) is 2.12. The van der Waals surface area contributed by atoms with Crippen molar-refractivity contribution in [2.75, 3.05) is 5.43 Å². The third-order valence-electron chi connectivity index (χ3n) is 3.55. The Morgan fingerprint density at radius 1 is 1.24 bits per heavy atom. The molecule has 29 heavy (non-hydrogen) atoms. The Kier molecular flexibility index (Phi) is 5.73. The number of rotatable bonds is 6. The van der Waals surface area contributed by atoms with Gasteiger partial charge in [-0.2, -0.15) is 18.3 Å². The van der Waals surface area contributed by atoms with Gasteiger partial charge in [0.2, 0.25) is 0 Å². The maximum Gasteiger partial charge on any atom is 0.416 e. The Labute approximate surface area is 165 Å². The number of pyridine rings is 1. The van der Waals surface area contributed by atoms with Crippen molar-refractivity contribution in [2.45, 2.75) is 13.1 Å². The van der Waals surface area contributed by atoms with E-state index in [0.717, 1.165) is 35.9 Å². The number of benzene rings is 1. The average molecular weight is 423 g/mol. The summed E-state index contributed by atoms with van der Waals surface area (Å²) >= 11 is 0.802. The van der Waals surface area contributed by atoms with E-state index in [-0.39, 0.29) is 16.0 Å². The van der Waals surface area contributed by atoms with Gasteiger partial charge in [-0.05, 0) is 60.2 Å². The van der Waals surface area contributed by atoms with Crippen LogP contribution in [-0.4, -0.2) is 20.6 Å². The maximum atomic E-state index is 12.7. The second-order valence-corrected chi connectivity index (χ2v) is 6.56. The normalized spacial score (nSPS) is 11.9. The number of hydrogen-bond donors (Lipinski definition) is 1. The molecule has 0 saturated heterocycles. The summed E-state index contributed by atoms with van der Waals surface area (Å²) < 4.78 is 43.6. The number of nitrogens with one attached hydrogen (secondary N) is 1. The van der Waals surface area contributed by atoms with Gasteiger partial charge in [0.05, 0.1) is 16.2 Å². The summed E-state index contributed by atoms with van der Waals surface area (Å²) in [4.78, 5) is 17.7. The smallest absolute Gasteiger partial charge is 0.416 e.